The Bertz CT molecular complexity index is 980. The molecule has 0 spiro atoms. The van der Waals surface area contributed by atoms with Crippen molar-refractivity contribution in [3.8, 4) is 0 Å². The molecule has 0 bridgehead atoms. The van der Waals surface area contributed by atoms with Crippen LogP contribution in [-0.2, 0) is 24.9 Å². The summed E-state index contributed by atoms with van der Waals surface area (Å²) in [5.41, 5.74) is -0.120. The van der Waals surface area contributed by atoms with Crippen LogP contribution in [0.1, 0.15) is 58.2 Å². The molecule has 2 aliphatic carbocycles. The van der Waals surface area contributed by atoms with Crippen LogP contribution in [-0.4, -0.2) is 72.8 Å². The van der Waals surface area contributed by atoms with Crippen molar-refractivity contribution < 1.29 is 31.5 Å². The van der Waals surface area contributed by atoms with Gasteiger partial charge in [-0.1, -0.05) is 0 Å². The lowest BCUT2D eigenvalue weighted by atomic mass is 9.86. The van der Waals surface area contributed by atoms with Gasteiger partial charge in [0.05, 0.1) is 37.3 Å². The zero-order valence-corrected chi connectivity index (χ0v) is 20.3. The second kappa shape index (κ2) is 9.98. The molecule has 0 radical (unpaired) electrons. The molecule has 1 saturated heterocycles. The summed E-state index contributed by atoms with van der Waals surface area (Å²) in [6.07, 6.45) is 5.77. The minimum absolute atomic E-state index is 0.0654. The Morgan fingerprint density at radius 2 is 2.06 bits per heavy atom. The Balaban J connectivity index is 1.40. The fourth-order valence-corrected chi connectivity index (χ4v) is 6.15. The van der Waals surface area contributed by atoms with E-state index in [0.29, 0.717) is 31.1 Å². The average Bonchev–Trinajstić information content (AvgIpc) is 3.52. The van der Waals surface area contributed by atoms with Crippen molar-refractivity contribution in [1.29, 1.82) is 0 Å². The number of alkyl halides is 1. The van der Waals surface area contributed by atoms with Crippen molar-refractivity contribution in [3.63, 3.8) is 0 Å². The lowest BCUT2D eigenvalue weighted by Gasteiger charge is -2.41. The molecule has 2 heterocycles. The van der Waals surface area contributed by atoms with Crippen LogP contribution in [0, 0.1) is 11.7 Å². The Morgan fingerprint density at radius 3 is 2.71 bits per heavy atom. The summed E-state index contributed by atoms with van der Waals surface area (Å²) >= 11 is 0. The van der Waals surface area contributed by atoms with Gasteiger partial charge in [0.15, 0.2) is 5.82 Å². The molecule has 2 saturated carbocycles. The number of piperidine rings is 1. The van der Waals surface area contributed by atoms with E-state index in [-0.39, 0.29) is 24.2 Å². The molecular weight excluding hydrogens is 470 g/mol. The van der Waals surface area contributed by atoms with Crippen LogP contribution in [0.4, 0.5) is 13.6 Å². The standard InChI is InChI=1S/C22H32F2N4O5S/c1-14(2)33-21(29)28-7-3-4-18(27-34(30,31)13-23)19(28)12-32-17-5-6-22(9-15(22)8-17)20-25-10-16(24)11-26-20/h10-11,14-15,17-19,27H,3-9,12-13H2,1-2H3/t15-,17+,18?,19+,22-/m1/s1. The van der Waals surface area contributed by atoms with E-state index in [1.807, 2.05) is 0 Å². The summed E-state index contributed by atoms with van der Waals surface area (Å²) in [7, 11) is -4.10. The van der Waals surface area contributed by atoms with Gasteiger partial charge in [0.25, 0.3) is 0 Å². The first kappa shape index (κ1) is 25.2. The Kier molecular flexibility index (Phi) is 7.39. The van der Waals surface area contributed by atoms with Gasteiger partial charge in [0, 0.05) is 18.0 Å². The number of carbonyl (C=O) groups is 1. The molecule has 4 rings (SSSR count). The van der Waals surface area contributed by atoms with Gasteiger partial charge in [-0.05, 0) is 58.3 Å². The Morgan fingerprint density at radius 1 is 1.32 bits per heavy atom. The molecule has 1 aliphatic heterocycles. The number of nitrogens with one attached hydrogen (secondary N) is 1. The molecule has 1 amide bonds. The number of rotatable bonds is 8. The minimum Gasteiger partial charge on any atom is -0.447 e. The molecule has 1 aromatic rings. The number of aromatic nitrogens is 2. The van der Waals surface area contributed by atoms with Crippen LogP contribution in [0.2, 0.25) is 0 Å². The molecule has 3 fully saturated rings. The van der Waals surface area contributed by atoms with E-state index >= 15 is 0 Å². The van der Waals surface area contributed by atoms with Crippen LogP contribution < -0.4 is 4.72 Å². The largest absolute Gasteiger partial charge is 0.447 e. The second-order valence-electron chi connectivity index (χ2n) is 9.80. The molecule has 3 aliphatic rings. The van der Waals surface area contributed by atoms with E-state index in [2.05, 4.69) is 14.7 Å². The van der Waals surface area contributed by atoms with Crippen LogP contribution in [0.3, 0.4) is 0 Å². The van der Waals surface area contributed by atoms with Crippen molar-refractivity contribution in [1.82, 2.24) is 19.6 Å². The number of carbonyl (C=O) groups excluding carboxylic acids is 1. The molecule has 1 N–H and O–H groups in total. The van der Waals surface area contributed by atoms with Crippen molar-refractivity contribution in [3.05, 3.63) is 24.0 Å². The first-order valence-electron chi connectivity index (χ1n) is 11.8. The zero-order chi connectivity index (χ0) is 24.5. The van der Waals surface area contributed by atoms with Crippen LogP contribution >= 0.6 is 0 Å². The summed E-state index contributed by atoms with van der Waals surface area (Å²) in [4.78, 5) is 22.5. The molecule has 190 valence electrons. The van der Waals surface area contributed by atoms with Gasteiger partial charge in [0.2, 0.25) is 16.0 Å². The van der Waals surface area contributed by atoms with Gasteiger partial charge < -0.3 is 14.4 Å². The third-order valence-corrected chi connectivity index (χ3v) is 8.03. The van der Waals surface area contributed by atoms with E-state index in [1.165, 1.54) is 17.3 Å². The summed E-state index contributed by atoms with van der Waals surface area (Å²) < 4.78 is 64.0. The summed E-state index contributed by atoms with van der Waals surface area (Å²) in [6.45, 7) is 4.01. The molecule has 1 aromatic heterocycles. The number of ether oxygens (including phenoxy) is 2. The van der Waals surface area contributed by atoms with Gasteiger partial charge in [-0.25, -0.2) is 36.7 Å². The molecule has 9 nitrogen and oxygen atoms in total. The summed E-state index contributed by atoms with van der Waals surface area (Å²) in [5.74, 6) is 0.555. The highest BCUT2D eigenvalue weighted by Crippen LogP contribution is 2.61. The third kappa shape index (κ3) is 5.49. The molecule has 34 heavy (non-hydrogen) atoms. The fourth-order valence-electron chi connectivity index (χ4n) is 5.35. The van der Waals surface area contributed by atoms with Crippen LogP contribution in [0.5, 0.6) is 0 Å². The van der Waals surface area contributed by atoms with Gasteiger partial charge in [-0.2, -0.15) is 0 Å². The highest BCUT2D eigenvalue weighted by Gasteiger charge is 2.60. The predicted octanol–water partition coefficient (Wildman–Crippen LogP) is 2.67. The molecule has 1 unspecified atom stereocenters. The summed E-state index contributed by atoms with van der Waals surface area (Å²) in [5, 5.41) is 0. The van der Waals surface area contributed by atoms with Crippen molar-refractivity contribution in [2.45, 2.75) is 82.1 Å². The van der Waals surface area contributed by atoms with Crippen LogP contribution in [0.15, 0.2) is 12.4 Å². The fraction of sp³-hybridized carbons (Fsp3) is 0.773. The summed E-state index contributed by atoms with van der Waals surface area (Å²) in [6, 6.07) is -2.79. The number of likely N-dealkylation sites (tertiary alicyclic amines) is 1. The lowest BCUT2D eigenvalue weighted by molar-refractivity contribution is -0.0308. The van der Waals surface area contributed by atoms with Gasteiger partial charge in [-0.3, -0.25) is 0 Å². The number of fused-ring (bicyclic) bond motifs is 1. The highest BCUT2D eigenvalue weighted by atomic mass is 32.2. The average molecular weight is 503 g/mol. The quantitative estimate of drug-likeness (QED) is 0.582. The van der Waals surface area contributed by atoms with Crippen molar-refractivity contribution >= 4 is 16.1 Å². The smallest absolute Gasteiger partial charge is 0.410 e. The molecular formula is C22H32F2N4O5S. The van der Waals surface area contributed by atoms with Crippen molar-refractivity contribution in [2.24, 2.45) is 5.92 Å². The van der Waals surface area contributed by atoms with E-state index in [1.54, 1.807) is 13.8 Å². The number of halogens is 2. The van der Waals surface area contributed by atoms with E-state index in [4.69, 9.17) is 9.47 Å². The second-order valence-corrected chi connectivity index (χ2v) is 11.5. The number of hydrogen-bond acceptors (Lipinski definition) is 7. The minimum atomic E-state index is -4.10. The van der Waals surface area contributed by atoms with Crippen molar-refractivity contribution in [2.75, 3.05) is 19.2 Å². The third-order valence-electron chi connectivity index (χ3n) is 7.08. The van der Waals surface area contributed by atoms with E-state index in [0.717, 1.165) is 25.7 Å². The van der Waals surface area contributed by atoms with Gasteiger partial charge >= 0.3 is 6.09 Å². The van der Waals surface area contributed by atoms with E-state index < -0.39 is 40.0 Å². The van der Waals surface area contributed by atoms with Gasteiger partial charge in [-0.15, -0.1) is 0 Å². The topological polar surface area (TPSA) is 111 Å². The normalized spacial score (nSPS) is 31.3. The maximum Gasteiger partial charge on any atom is 0.410 e. The Hall–Kier alpha value is -1.92. The molecule has 5 atom stereocenters. The monoisotopic (exact) mass is 502 g/mol. The first-order chi connectivity index (χ1) is 16.1. The van der Waals surface area contributed by atoms with Crippen LogP contribution in [0.25, 0.3) is 0 Å². The number of hydrogen-bond donors (Lipinski definition) is 1. The number of nitrogens with zero attached hydrogens (tertiary/aromatic N) is 3. The number of amides is 1. The maximum absolute atomic E-state index is 13.2. The molecule has 12 heteroatoms. The SMILES string of the molecule is CC(C)OC(=O)N1CCCC(NS(=O)(=O)CF)[C@@H]1CO[C@H]1CC[C@@]2(c3ncc(F)cn3)C[C@H]2C1. The lowest BCUT2D eigenvalue weighted by Crippen LogP contribution is -2.59. The maximum atomic E-state index is 13.2. The number of sulfonamides is 1. The predicted molar refractivity (Wildman–Crippen MR) is 119 cm³/mol. The molecule has 0 aromatic carbocycles. The zero-order valence-electron chi connectivity index (χ0n) is 19.5. The van der Waals surface area contributed by atoms with E-state index in [9.17, 15) is 22.0 Å². The highest BCUT2D eigenvalue weighted by molar-refractivity contribution is 7.89. The van der Waals surface area contributed by atoms with Gasteiger partial charge in [0.1, 0.15) is 5.82 Å². The first-order valence-corrected chi connectivity index (χ1v) is 13.4. The Labute approximate surface area is 198 Å².